The average Bonchev–Trinajstić information content (AvgIpc) is 2.87. The Morgan fingerprint density at radius 1 is 1.11 bits per heavy atom. The third kappa shape index (κ3) is 1.84. The summed E-state index contributed by atoms with van der Waals surface area (Å²) in [6.45, 7) is 9.46. The molecule has 0 bridgehead atoms. The second kappa shape index (κ2) is 3.84. The summed E-state index contributed by atoms with van der Waals surface area (Å²) >= 11 is 0. The Kier molecular flexibility index (Phi) is 2.51. The van der Waals surface area contributed by atoms with E-state index in [2.05, 4.69) is 37.8 Å². The van der Waals surface area contributed by atoms with Crippen molar-refractivity contribution in [3.8, 4) is 0 Å². The fraction of sp³-hybridized carbons (Fsp3) is 0.562. The predicted molar refractivity (Wildman–Crippen MR) is 74.0 cm³/mol. The molecule has 3 rings (SSSR count). The monoisotopic (exact) mass is 243 g/mol. The van der Waals surface area contributed by atoms with Gasteiger partial charge in [0.1, 0.15) is 6.29 Å². The smallest absolute Gasteiger partial charge is 0.150 e. The largest absolute Gasteiger partial charge is 0.371 e. The van der Waals surface area contributed by atoms with Crippen molar-refractivity contribution in [3.63, 3.8) is 0 Å². The summed E-state index contributed by atoms with van der Waals surface area (Å²) in [7, 11) is 0. The van der Waals surface area contributed by atoms with E-state index in [0.717, 1.165) is 29.6 Å². The molecule has 1 aliphatic carbocycles. The zero-order valence-electron chi connectivity index (χ0n) is 11.4. The van der Waals surface area contributed by atoms with Crippen LogP contribution < -0.4 is 4.90 Å². The van der Waals surface area contributed by atoms with Gasteiger partial charge in [-0.05, 0) is 47.4 Å². The number of nitrogens with zero attached hydrogens (tertiary/aromatic N) is 1. The van der Waals surface area contributed by atoms with E-state index in [4.69, 9.17) is 0 Å². The number of anilines is 1. The first-order valence-electron chi connectivity index (χ1n) is 6.81. The van der Waals surface area contributed by atoms with Crippen LogP contribution in [0.15, 0.2) is 24.3 Å². The van der Waals surface area contributed by atoms with Crippen molar-refractivity contribution < 1.29 is 4.79 Å². The summed E-state index contributed by atoms with van der Waals surface area (Å²) in [6.07, 6.45) is 0.904. The molecule has 1 saturated carbocycles. The zero-order valence-corrected chi connectivity index (χ0v) is 11.4. The Morgan fingerprint density at radius 3 is 2.11 bits per heavy atom. The minimum Gasteiger partial charge on any atom is -0.371 e. The maximum absolute atomic E-state index is 10.6. The average molecular weight is 243 g/mol. The van der Waals surface area contributed by atoms with E-state index in [9.17, 15) is 4.79 Å². The molecular formula is C16H21NO. The summed E-state index contributed by atoms with van der Waals surface area (Å²) < 4.78 is 0. The van der Waals surface area contributed by atoms with Gasteiger partial charge in [0.25, 0.3) is 0 Å². The molecule has 1 aromatic rings. The van der Waals surface area contributed by atoms with Crippen LogP contribution in [-0.4, -0.2) is 19.4 Å². The molecule has 0 spiro atoms. The minimum absolute atomic E-state index is 0.461. The molecule has 18 heavy (non-hydrogen) atoms. The van der Waals surface area contributed by atoms with E-state index >= 15 is 0 Å². The van der Waals surface area contributed by atoms with Crippen LogP contribution in [0.3, 0.4) is 0 Å². The van der Waals surface area contributed by atoms with Gasteiger partial charge in [-0.15, -0.1) is 0 Å². The van der Waals surface area contributed by atoms with Gasteiger partial charge in [-0.2, -0.15) is 0 Å². The number of piperidine rings is 1. The lowest BCUT2D eigenvalue weighted by molar-refractivity contribution is 0.112. The number of aldehydes is 1. The lowest BCUT2D eigenvalue weighted by Gasteiger charge is -2.27. The van der Waals surface area contributed by atoms with Gasteiger partial charge in [0.2, 0.25) is 0 Å². The van der Waals surface area contributed by atoms with E-state index in [1.807, 2.05) is 12.1 Å². The van der Waals surface area contributed by atoms with E-state index in [0.29, 0.717) is 5.41 Å². The molecule has 0 aromatic heterocycles. The number of hydrogen-bond donors (Lipinski definition) is 0. The van der Waals surface area contributed by atoms with Crippen molar-refractivity contribution in [1.82, 2.24) is 0 Å². The standard InChI is InChI=1S/C16H21NO/c1-16(2,3)15-13-8-17(9-14(13)15)12-6-4-11(10-18)5-7-12/h4-7,10,13-15H,8-9H2,1-3H3. The fourth-order valence-corrected chi connectivity index (χ4v) is 3.79. The van der Waals surface area contributed by atoms with E-state index < -0.39 is 0 Å². The molecule has 0 radical (unpaired) electrons. The third-order valence-electron chi connectivity index (χ3n) is 4.59. The van der Waals surface area contributed by atoms with Crippen LogP contribution in [0.25, 0.3) is 0 Å². The zero-order chi connectivity index (χ0) is 12.9. The molecule has 2 aliphatic rings. The quantitative estimate of drug-likeness (QED) is 0.743. The Balaban J connectivity index is 1.67. The minimum atomic E-state index is 0.461. The topological polar surface area (TPSA) is 20.3 Å². The first-order valence-corrected chi connectivity index (χ1v) is 6.81. The number of carbonyl (C=O) groups excluding carboxylic acids is 1. The van der Waals surface area contributed by atoms with Gasteiger partial charge >= 0.3 is 0 Å². The highest BCUT2D eigenvalue weighted by Crippen LogP contribution is 2.60. The second-order valence-electron chi connectivity index (χ2n) is 6.83. The predicted octanol–water partition coefficient (Wildman–Crippen LogP) is 3.23. The summed E-state index contributed by atoms with van der Waals surface area (Å²) in [5, 5.41) is 0. The van der Waals surface area contributed by atoms with Gasteiger partial charge in [0, 0.05) is 24.3 Å². The molecule has 0 amide bonds. The van der Waals surface area contributed by atoms with Crippen LogP contribution >= 0.6 is 0 Å². The highest BCUT2D eigenvalue weighted by molar-refractivity contribution is 5.75. The number of rotatable bonds is 2. The molecule has 2 fully saturated rings. The lowest BCUT2D eigenvalue weighted by atomic mass is 9.87. The SMILES string of the molecule is CC(C)(C)C1C2CN(c3ccc(C=O)cc3)CC21. The summed E-state index contributed by atoms with van der Waals surface area (Å²) in [5.74, 6) is 2.68. The first kappa shape index (κ1) is 11.8. The summed E-state index contributed by atoms with van der Waals surface area (Å²) in [4.78, 5) is 13.1. The van der Waals surface area contributed by atoms with Crippen LogP contribution in [-0.2, 0) is 0 Å². The van der Waals surface area contributed by atoms with Gasteiger partial charge in [-0.1, -0.05) is 20.8 Å². The number of benzene rings is 1. The van der Waals surface area contributed by atoms with Crippen LogP contribution in [0, 0.1) is 23.2 Å². The van der Waals surface area contributed by atoms with Gasteiger partial charge in [0.05, 0.1) is 0 Å². The molecule has 2 nitrogen and oxygen atoms in total. The lowest BCUT2D eigenvalue weighted by Crippen LogP contribution is -2.27. The van der Waals surface area contributed by atoms with E-state index in [1.54, 1.807) is 0 Å². The molecule has 2 heteroatoms. The number of carbonyl (C=O) groups is 1. The van der Waals surface area contributed by atoms with Gasteiger partial charge in [-0.3, -0.25) is 4.79 Å². The fourth-order valence-electron chi connectivity index (χ4n) is 3.79. The van der Waals surface area contributed by atoms with Crippen molar-refractivity contribution in [1.29, 1.82) is 0 Å². The van der Waals surface area contributed by atoms with Crippen LogP contribution in [0.5, 0.6) is 0 Å². The van der Waals surface area contributed by atoms with Gasteiger partial charge in [-0.25, -0.2) is 0 Å². The molecule has 96 valence electrons. The van der Waals surface area contributed by atoms with Gasteiger partial charge in [0.15, 0.2) is 0 Å². The van der Waals surface area contributed by atoms with E-state index in [1.165, 1.54) is 18.8 Å². The normalized spacial score (nSPS) is 30.2. The Bertz CT molecular complexity index is 445. The molecular weight excluding hydrogens is 222 g/mol. The second-order valence-corrected chi connectivity index (χ2v) is 6.83. The molecule has 1 saturated heterocycles. The van der Waals surface area contributed by atoms with Crippen molar-refractivity contribution in [2.75, 3.05) is 18.0 Å². The Morgan fingerprint density at radius 2 is 1.67 bits per heavy atom. The molecule has 0 N–H and O–H groups in total. The molecule has 2 atom stereocenters. The van der Waals surface area contributed by atoms with Gasteiger partial charge < -0.3 is 4.90 Å². The van der Waals surface area contributed by atoms with Crippen molar-refractivity contribution in [2.24, 2.45) is 23.2 Å². The van der Waals surface area contributed by atoms with Crippen molar-refractivity contribution >= 4 is 12.0 Å². The highest BCUT2D eigenvalue weighted by Gasteiger charge is 2.59. The molecule has 1 aromatic carbocycles. The summed E-state index contributed by atoms with van der Waals surface area (Å²) in [6, 6.07) is 7.96. The first-order chi connectivity index (χ1) is 8.50. The molecule has 1 heterocycles. The maximum atomic E-state index is 10.6. The molecule has 1 aliphatic heterocycles. The van der Waals surface area contributed by atoms with Crippen molar-refractivity contribution in [3.05, 3.63) is 29.8 Å². The van der Waals surface area contributed by atoms with Crippen molar-refractivity contribution in [2.45, 2.75) is 20.8 Å². The third-order valence-corrected chi connectivity index (χ3v) is 4.59. The Labute approximate surface area is 109 Å². The number of fused-ring (bicyclic) bond motifs is 1. The van der Waals surface area contributed by atoms with Crippen LogP contribution in [0.4, 0.5) is 5.69 Å². The highest BCUT2D eigenvalue weighted by atomic mass is 16.1. The van der Waals surface area contributed by atoms with Crippen LogP contribution in [0.1, 0.15) is 31.1 Å². The Hall–Kier alpha value is -1.31. The van der Waals surface area contributed by atoms with E-state index in [-0.39, 0.29) is 0 Å². The molecule has 2 unspecified atom stereocenters. The van der Waals surface area contributed by atoms with Crippen LogP contribution in [0.2, 0.25) is 0 Å². The number of hydrogen-bond acceptors (Lipinski definition) is 2. The summed E-state index contributed by atoms with van der Waals surface area (Å²) in [5.41, 5.74) is 2.49. The maximum Gasteiger partial charge on any atom is 0.150 e.